The molecule has 0 bridgehead atoms. The first-order valence-electron chi connectivity index (χ1n) is 7.93. The third-order valence-corrected chi connectivity index (χ3v) is 4.29. The minimum atomic E-state index is -4.35. The molecule has 3 nitrogen and oxygen atoms in total. The van der Waals surface area contributed by atoms with Gasteiger partial charge in [0.25, 0.3) is 0 Å². The molecular formula is C18H18BF3O3. The molecule has 132 valence electrons. The van der Waals surface area contributed by atoms with Crippen molar-refractivity contribution in [3.8, 4) is 11.5 Å². The molecule has 0 aromatic heterocycles. The van der Waals surface area contributed by atoms with Crippen molar-refractivity contribution in [3.05, 3.63) is 54.1 Å². The van der Waals surface area contributed by atoms with E-state index in [0.717, 1.165) is 17.6 Å². The van der Waals surface area contributed by atoms with Crippen molar-refractivity contribution in [2.24, 2.45) is 0 Å². The molecule has 0 aliphatic carbocycles. The van der Waals surface area contributed by atoms with E-state index in [4.69, 9.17) is 14.0 Å². The van der Waals surface area contributed by atoms with Gasteiger partial charge in [-0.3, -0.25) is 0 Å². The highest BCUT2D eigenvalue weighted by atomic mass is 19.4. The fourth-order valence-electron chi connectivity index (χ4n) is 2.44. The summed E-state index contributed by atoms with van der Waals surface area (Å²) in [5, 5.41) is 0. The molecule has 7 heteroatoms. The Bertz CT molecular complexity index is 727. The maximum absolute atomic E-state index is 12.6. The molecule has 3 rings (SSSR count). The standard InChI is InChI=1S/C18H18BF3O3/c1-12-17(2,3)25-19(24-12)14-6-10-16(11-7-14)23-15-8-4-13(5-9-15)18(20,21)22/h4-12H,1-3H3. The van der Waals surface area contributed by atoms with Gasteiger partial charge in [-0.25, -0.2) is 0 Å². The summed E-state index contributed by atoms with van der Waals surface area (Å²) in [6, 6.07) is 11.7. The quantitative estimate of drug-likeness (QED) is 0.768. The average Bonchev–Trinajstić information content (AvgIpc) is 2.81. The Kier molecular flexibility index (Phi) is 4.55. The summed E-state index contributed by atoms with van der Waals surface area (Å²) in [6.45, 7) is 5.90. The van der Waals surface area contributed by atoms with Crippen molar-refractivity contribution in [2.75, 3.05) is 0 Å². The molecule has 0 spiro atoms. The fraction of sp³-hybridized carbons (Fsp3) is 0.333. The lowest BCUT2D eigenvalue weighted by atomic mass is 9.79. The number of benzene rings is 2. The lowest BCUT2D eigenvalue weighted by Gasteiger charge is -2.21. The third kappa shape index (κ3) is 3.99. The third-order valence-electron chi connectivity index (χ3n) is 4.29. The van der Waals surface area contributed by atoms with E-state index < -0.39 is 18.9 Å². The van der Waals surface area contributed by atoms with Gasteiger partial charge in [-0.1, -0.05) is 12.1 Å². The van der Waals surface area contributed by atoms with Crippen LogP contribution in [-0.4, -0.2) is 18.8 Å². The van der Waals surface area contributed by atoms with Crippen LogP contribution in [0.3, 0.4) is 0 Å². The lowest BCUT2D eigenvalue weighted by Crippen LogP contribution is -2.34. The van der Waals surface area contributed by atoms with Gasteiger partial charge in [0.2, 0.25) is 0 Å². The van der Waals surface area contributed by atoms with Crippen molar-refractivity contribution in [3.63, 3.8) is 0 Å². The summed E-state index contributed by atoms with van der Waals surface area (Å²) in [5.74, 6) is 0.859. The molecule has 0 radical (unpaired) electrons. The monoisotopic (exact) mass is 350 g/mol. The van der Waals surface area contributed by atoms with Crippen LogP contribution in [0.1, 0.15) is 26.3 Å². The molecule has 1 fully saturated rings. The first-order chi connectivity index (χ1) is 11.6. The molecule has 2 aromatic rings. The zero-order valence-corrected chi connectivity index (χ0v) is 14.1. The normalized spacial score (nSPS) is 19.9. The van der Waals surface area contributed by atoms with Crippen molar-refractivity contribution < 1.29 is 27.2 Å². The largest absolute Gasteiger partial charge is 0.494 e. The zero-order chi connectivity index (χ0) is 18.2. The minimum absolute atomic E-state index is 0.0272. The van der Waals surface area contributed by atoms with Gasteiger partial charge >= 0.3 is 13.3 Å². The molecule has 1 saturated heterocycles. The van der Waals surface area contributed by atoms with Crippen LogP contribution in [0.5, 0.6) is 11.5 Å². The predicted molar refractivity (Wildman–Crippen MR) is 89.1 cm³/mol. The number of ether oxygens (including phenoxy) is 1. The highest BCUT2D eigenvalue weighted by molar-refractivity contribution is 6.62. The van der Waals surface area contributed by atoms with Crippen LogP contribution >= 0.6 is 0 Å². The summed E-state index contributed by atoms with van der Waals surface area (Å²) in [5.41, 5.74) is -0.209. The summed E-state index contributed by atoms with van der Waals surface area (Å²) < 4.78 is 54.9. The Balaban J connectivity index is 1.67. The minimum Gasteiger partial charge on any atom is -0.457 e. The van der Waals surface area contributed by atoms with Gasteiger partial charge in [-0.15, -0.1) is 0 Å². The van der Waals surface area contributed by atoms with Crippen LogP contribution in [0.2, 0.25) is 0 Å². The Labute approximate surface area is 144 Å². The first-order valence-corrected chi connectivity index (χ1v) is 7.93. The molecule has 1 aliphatic rings. The average molecular weight is 350 g/mol. The maximum Gasteiger partial charge on any atom is 0.494 e. The van der Waals surface area contributed by atoms with Crippen molar-refractivity contribution in [1.82, 2.24) is 0 Å². The molecule has 25 heavy (non-hydrogen) atoms. The second-order valence-electron chi connectivity index (χ2n) is 6.52. The van der Waals surface area contributed by atoms with Crippen LogP contribution < -0.4 is 10.2 Å². The van der Waals surface area contributed by atoms with E-state index in [1.54, 1.807) is 12.1 Å². The number of hydrogen-bond donors (Lipinski definition) is 0. The highest BCUT2D eigenvalue weighted by Gasteiger charge is 2.43. The van der Waals surface area contributed by atoms with Crippen LogP contribution in [0.4, 0.5) is 13.2 Å². The molecular weight excluding hydrogens is 332 g/mol. The van der Waals surface area contributed by atoms with Crippen molar-refractivity contribution >= 4 is 12.6 Å². The first kappa shape index (κ1) is 17.8. The van der Waals surface area contributed by atoms with Crippen LogP contribution in [0, 0.1) is 0 Å². The van der Waals surface area contributed by atoms with E-state index in [1.165, 1.54) is 12.1 Å². The molecule has 2 aromatic carbocycles. The number of rotatable bonds is 3. The Morgan fingerprint density at radius 2 is 1.48 bits per heavy atom. The molecule has 1 unspecified atom stereocenters. The van der Waals surface area contributed by atoms with Gasteiger partial charge in [-0.05, 0) is 62.6 Å². The Morgan fingerprint density at radius 1 is 0.960 bits per heavy atom. The molecule has 1 aliphatic heterocycles. The predicted octanol–water partition coefficient (Wildman–Crippen LogP) is 4.41. The van der Waals surface area contributed by atoms with E-state index in [0.29, 0.717) is 11.5 Å². The van der Waals surface area contributed by atoms with E-state index in [9.17, 15) is 13.2 Å². The summed E-state index contributed by atoms with van der Waals surface area (Å²) >= 11 is 0. The van der Waals surface area contributed by atoms with E-state index >= 15 is 0 Å². The number of alkyl halides is 3. The SMILES string of the molecule is CC1OB(c2ccc(Oc3ccc(C(F)(F)F)cc3)cc2)OC1(C)C. The van der Waals surface area contributed by atoms with Gasteiger partial charge in [0.15, 0.2) is 0 Å². The van der Waals surface area contributed by atoms with Gasteiger partial charge in [0.05, 0.1) is 17.3 Å². The van der Waals surface area contributed by atoms with Crippen LogP contribution in [0.15, 0.2) is 48.5 Å². The molecule has 0 N–H and O–H groups in total. The van der Waals surface area contributed by atoms with Crippen molar-refractivity contribution in [1.29, 1.82) is 0 Å². The van der Waals surface area contributed by atoms with Gasteiger partial charge in [-0.2, -0.15) is 13.2 Å². The van der Waals surface area contributed by atoms with E-state index in [2.05, 4.69) is 0 Å². The van der Waals surface area contributed by atoms with Gasteiger partial charge in [0.1, 0.15) is 11.5 Å². The summed E-state index contributed by atoms with van der Waals surface area (Å²) in [6.07, 6.45) is -4.38. The molecule has 0 saturated carbocycles. The summed E-state index contributed by atoms with van der Waals surface area (Å²) in [4.78, 5) is 0. The van der Waals surface area contributed by atoms with E-state index in [-0.39, 0.29) is 11.7 Å². The smallest absolute Gasteiger partial charge is 0.457 e. The maximum atomic E-state index is 12.6. The van der Waals surface area contributed by atoms with Crippen molar-refractivity contribution in [2.45, 2.75) is 38.7 Å². The fourth-order valence-corrected chi connectivity index (χ4v) is 2.44. The van der Waals surface area contributed by atoms with Gasteiger partial charge < -0.3 is 14.0 Å². The molecule has 1 heterocycles. The Morgan fingerprint density at radius 3 is 1.92 bits per heavy atom. The van der Waals surface area contributed by atoms with Gasteiger partial charge in [0, 0.05) is 0 Å². The second-order valence-corrected chi connectivity index (χ2v) is 6.52. The summed E-state index contributed by atoms with van der Waals surface area (Å²) in [7, 11) is -0.440. The van der Waals surface area contributed by atoms with Crippen LogP contribution in [-0.2, 0) is 15.5 Å². The molecule has 0 amide bonds. The number of halogens is 3. The molecule has 1 atom stereocenters. The van der Waals surface area contributed by atoms with E-state index in [1.807, 2.05) is 32.9 Å². The van der Waals surface area contributed by atoms with Crippen LogP contribution in [0.25, 0.3) is 0 Å². The number of hydrogen-bond acceptors (Lipinski definition) is 3. The topological polar surface area (TPSA) is 27.7 Å². The zero-order valence-electron chi connectivity index (χ0n) is 14.1. The second kappa shape index (κ2) is 6.39. The lowest BCUT2D eigenvalue weighted by molar-refractivity contribution is -0.137. The Hall–Kier alpha value is -1.99. The highest BCUT2D eigenvalue weighted by Crippen LogP contribution is 2.31.